The third-order valence-electron chi connectivity index (χ3n) is 4.62. The first-order chi connectivity index (χ1) is 12.0. The molecule has 1 saturated heterocycles. The third kappa shape index (κ3) is 3.16. The van der Waals surface area contributed by atoms with Crippen LogP contribution in [0.25, 0.3) is 11.1 Å². The van der Waals surface area contributed by atoms with Gasteiger partial charge in [0.05, 0.1) is 0 Å². The first-order valence-electron chi connectivity index (χ1n) is 8.19. The Morgan fingerprint density at radius 1 is 0.920 bits per heavy atom. The largest absolute Gasteiger partial charge is 0.454 e. The van der Waals surface area contributed by atoms with E-state index in [0.717, 1.165) is 16.9 Å². The van der Waals surface area contributed by atoms with Gasteiger partial charge in [0.15, 0.2) is 11.5 Å². The number of hydrogen-bond donors (Lipinski definition) is 0. The summed E-state index contributed by atoms with van der Waals surface area (Å²) in [6, 6.07) is 12.8. The minimum atomic E-state index is -2.65. The second-order valence-electron chi connectivity index (χ2n) is 6.29. The molecule has 2 aromatic rings. The number of amides is 1. The van der Waals surface area contributed by atoms with Crippen molar-refractivity contribution < 1.29 is 23.0 Å². The van der Waals surface area contributed by atoms with Crippen LogP contribution in [0.5, 0.6) is 11.5 Å². The summed E-state index contributed by atoms with van der Waals surface area (Å²) in [5.74, 6) is -1.43. The molecule has 2 aliphatic rings. The van der Waals surface area contributed by atoms with Crippen LogP contribution in [0.4, 0.5) is 8.78 Å². The Balaban J connectivity index is 1.49. The van der Waals surface area contributed by atoms with E-state index in [1.165, 1.54) is 4.90 Å². The topological polar surface area (TPSA) is 38.8 Å². The van der Waals surface area contributed by atoms with E-state index in [2.05, 4.69) is 0 Å². The summed E-state index contributed by atoms with van der Waals surface area (Å²) in [4.78, 5) is 13.9. The minimum absolute atomic E-state index is 0.0930. The Hall–Kier alpha value is -2.63. The molecule has 0 unspecified atom stereocenters. The van der Waals surface area contributed by atoms with Gasteiger partial charge < -0.3 is 14.4 Å². The monoisotopic (exact) mass is 345 g/mol. The number of halogens is 2. The number of carbonyl (C=O) groups is 1. The van der Waals surface area contributed by atoms with E-state index in [1.807, 2.05) is 30.3 Å². The average Bonchev–Trinajstić information content (AvgIpc) is 3.09. The summed E-state index contributed by atoms with van der Waals surface area (Å²) >= 11 is 0. The second-order valence-corrected chi connectivity index (χ2v) is 6.29. The lowest BCUT2D eigenvalue weighted by Gasteiger charge is -2.31. The molecule has 0 N–H and O–H groups in total. The average molecular weight is 345 g/mol. The third-order valence-corrected chi connectivity index (χ3v) is 4.62. The smallest absolute Gasteiger partial charge is 0.253 e. The van der Waals surface area contributed by atoms with Crippen LogP contribution in [0.2, 0.25) is 0 Å². The van der Waals surface area contributed by atoms with Gasteiger partial charge in [-0.3, -0.25) is 4.79 Å². The number of fused-ring (bicyclic) bond motifs is 1. The van der Waals surface area contributed by atoms with Gasteiger partial charge in [0.25, 0.3) is 11.8 Å². The molecule has 0 aromatic heterocycles. The Bertz CT molecular complexity index is 795. The van der Waals surface area contributed by atoms with Crippen molar-refractivity contribution in [1.82, 2.24) is 4.90 Å². The van der Waals surface area contributed by atoms with Crippen LogP contribution < -0.4 is 9.47 Å². The summed E-state index contributed by atoms with van der Waals surface area (Å²) in [5, 5.41) is 0. The van der Waals surface area contributed by atoms with Crippen LogP contribution in [0.15, 0.2) is 42.5 Å². The lowest BCUT2D eigenvalue weighted by Crippen LogP contribution is -2.42. The van der Waals surface area contributed by atoms with E-state index in [9.17, 15) is 13.6 Å². The number of piperidine rings is 1. The first-order valence-corrected chi connectivity index (χ1v) is 8.19. The highest BCUT2D eigenvalue weighted by Crippen LogP contribution is 2.36. The molecular formula is C19H17F2NO3. The molecule has 1 fully saturated rings. The molecule has 0 radical (unpaired) electrons. The van der Waals surface area contributed by atoms with Crippen molar-refractivity contribution in [2.45, 2.75) is 18.8 Å². The Morgan fingerprint density at radius 3 is 2.28 bits per heavy atom. The number of likely N-dealkylation sites (tertiary alicyclic amines) is 1. The summed E-state index contributed by atoms with van der Waals surface area (Å²) in [6.45, 7) is 0.409. The fourth-order valence-corrected chi connectivity index (χ4v) is 3.10. The van der Waals surface area contributed by atoms with Gasteiger partial charge in [0, 0.05) is 31.5 Å². The molecule has 25 heavy (non-hydrogen) atoms. The number of ether oxygens (including phenoxy) is 2. The highest BCUT2D eigenvalue weighted by molar-refractivity contribution is 5.94. The number of benzene rings is 2. The summed E-state index contributed by atoms with van der Waals surface area (Å²) in [5.41, 5.74) is 2.41. The predicted molar refractivity (Wildman–Crippen MR) is 88.1 cm³/mol. The summed E-state index contributed by atoms with van der Waals surface area (Å²) in [7, 11) is 0. The van der Waals surface area contributed by atoms with E-state index in [1.54, 1.807) is 12.1 Å². The zero-order chi connectivity index (χ0) is 17.4. The van der Waals surface area contributed by atoms with Gasteiger partial charge in [-0.15, -0.1) is 0 Å². The molecule has 4 rings (SSSR count). The van der Waals surface area contributed by atoms with E-state index in [-0.39, 0.29) is 38.6 Å². The van der Waals surface area contributed by atoms with E-state index in [0.29, 0.717) is 11.3 Å². The van der Waals surface area contributed by atoms with Crippen LogP contribution in [-0.4, -0.2) is 36.6 Å². The Morgan fingerprint density at radius 2 is 1.56 bits per heavy atom. The predicted octanol–water partition coefficient (Wildman–Crippen LogP) is 3.95. The van der Waals surface area contributed by atoms with Crippen LogP contribution in [-0.2, 0) is 0 Å². The van der Waals surface area contributed by atoms with Gasteiger partial charge in [-0.2, -0.15) is 0 Å². The van der Waals surface area contributed by atoms with Crippen molar-refractivity contribution in [3.05, 3.63) is 48.0 Å². The van der Waals surface area contributed by atoms with Crippen molar-refractivity contribution in [1.29, 1.82) is 0 Å². The van der Waals surface area contributed by atoms with Gasteiger partial charge in [0.1, 0.15) is 0 Å². The van der Waals surface area contributed by atoms with Gasteiger partial charge in [-0.05, 0) is 35.4 Å². The quantitative estimate of drug-likeness (QED) is 0.827. The molecular weight excluding hydrogens is 328 g/mol. The number of rotatable bonds is 2. The molecule has 130 valence electrons. The summed E-state index contributed by atoms with van der Waals surface area (Å²) in [6.07, 6.45) is -0.540. The molecule has 0 atom stereocenters. The van der Waals surface area contributed by atoms with E-state index < -0.39 is 5.92 Å². The number of hydrogen-bond acceptors (Lipinski definition) is 3. The molecule has 4 nitrogen and oxygen atoms in total. The zero-order valence-corrected chi connectivity index (χ0v) is 13.5. The van der Waals surface area contributed by atoms with Crippen molar-refractivity contribution in [3.8, 4) is 22.6 Å². The highest BCUT2D eigenvalue weighted by Gasteiger charge is 2.35. The van der Waals surface area contributed by atoms with Gasteiger partial charge in [-0.25, -0.2) is 8.78 Å². The molecule has 2 aromatic carbocycles. The van der Waals surface area contributed by atoms with Crippen LogP contribution in [0.1, 0.15) is 23.2 Å². The molecule has 2 aliphatic heterocycles. The highest BCUT2D eigenvalue weighted by atomic mass is 19.3. The summed E-state index contributed by atoms with van der Waals surface area (Å²) < 4.78 is 37.1. The fraction of sp³-hybridized carbons (Fsp3) is 0.316. The lowest BCUT2D eigenvalue weighted by atomic mass is 10.0. The Kier molecular flexibility index (Phi) is 3.82. The molecule has 1 amide bonds. The van der Waals surface area contributed by atoms with Gasteiger partial charge in [-0.1, -0.05) is 18.2 Å². The number of nitrogens with zero attached hydrogens (tertiary/aromatic N) is 1. The van der Waals surface area contributed by atoms with E-state index in [4.69, 9.17) is 9.47 Å². The Labute approximate surface area is 144 Å². The molecule has 6 heteroatoms. The zero-order valence-electron chi connectivity index (χ0n) is 13.5. The molecule has 0 aliphatic carbocycles. The van der Waals surface area contributed by atoms with Crippen molar-refractivity contribution in [3.63, 3.8) is 0 Å². The van der Waals surface area contributed by atoms with Crippen molar-refractivity contribution >= 4 is 5.91 Å². The SMILES string of the molecule is O=C(c1ccc(-c2ccc3c(c2)OCO3)cc1)N1CCC(F)(F)CC1. The van der Waals surface area contributed by atoms with Crippen LogP contribution in [0.3, 0.4) is 0 Å². The maximum absolute atomic E-state index is 13.2. The maximum atomic E-state index is 13.2. The fourth-order valence-electron chi connectivity index (χ4n) is 3.10. The van der Waals surface area contributed by atoms with Crippen molar-refractivity contribution in [2.24, 2.45) is 0 Å². The number of carbonyl (C=O) groups excluding carboxylic acids is 1. The normalized spacial score (nSPS) is 18.2. The molecule has 0 saturated carbocycles. The van der Waals surface area contributed by atoms with Gasteiger partial charge >= 0.3 is 0 Å². The van der Waals surface area contributed by atoms with Gasteiger partial charge in [0.2, 0.25) is 6.79 Å². The second kappa shape index (κ2) is 6.02. The number of alkyl halides is 2. The maximum Gasteiger partial charge on any atom is 0.253 e. The minimum Gasteiger partial charge on any atom is -0.454 e. The van der Waals surface area contributed by atoms with Crippen LogP contribution >= 0.6 is 0 Å². The molecule has 0 spiro atoms. The molecule has 0 bridgehead atoms. The van der Waals surface area contributed by atoms with E-state index >= 15 is 0 Å². The molecule has 2 heterocycles. The van der Waals surface area contributed by atoms with Crippen LogP contribution in [0, 0.1) is 0 Å². The van der Waals surface area contributed by atoms with Crippen molar-refractivity contribution in [2.75, 3.05) is 19.9 Å². The standard InChI is InChI=1S/C19H17F2NO3/c20-19(21)7-9-22(10-8-19)18(23)14-3-1-13(2-4-14)15-5-6-16-17(11-15)25-12-24-16/h1-6,11H,7-10,12H2. The first kappa shape index (κ1) is 15.9. The lowest BCUT2D eigenvalue weighted by molar-refractivity contribution is -0.0494.